The Morgan fingerprint density at radius 1 is 1.24 bits per heavy atom. The van der Waals surface area contributed by atoms with Crippen LogP contribution in [0, 0.1) is 13.8 Å². The third-order valence-corrected chi connectivity index (χ3v) is 2.45. The van der Waals surface area contributed by atoms with E-state index in [9.17, 15) is 0 Å². The third kappa shape index (κ3) is 2.79. The van der Waals surface area contributed by atoms with Crippen molar-refractivity contribution in [1.29, 1.82) is 0 Å². The topological polar surface area (TPSA) is 61.0 Å². The van der Waals surface area contributed by atoms with E-state index < -0.39 is 0 Å². The maximum absolute atomic E-state index is 5.73. The molecule has 0 saturated heterocycles. The van der Waals surface area contributed by atoms with E-state index in [0.717, 1.165) is 16.9 Å². The Morgan fingerprint density at radius 3 is 2.76 bits per heavy atom. The summed E-state index contributed by atoms with van der Waals surface area (Å²) in [7, 11) is 0. The van der Waals surface area contributed by atoms with Crippen molar-refractivity contribution in [1.82, 2.24) is 9.97 Å². The molecule has 2 rings (SSSR count). The highest BCUT2D eigenvalue weighted by Gasteiger charge is 2.04. The zero-order valence-corrected chi connectivity index (χ0v) is 9.97. The number of benzene rings is 1. The van der Waals surface area contributed by atoms with Crippen LogP contribution < -0.4 is 10.5 Å². The zero-order valence-electron chi connectivity index (χ0n) is 9.97. The minimum atomic E-state index is 0.499. The molecule has 2 N–H and O–H groups in total. The van der Waals surface area contributed by atoms with E-state index in [2.05, 4.69) is 9.97 Å². The van der Waals surface area contributed by atoms with Crippen molar-refractivity contribution in [3.05, 3.63) is 47.4 Å². The van der Waals surface area contributed by atoms with Gasteiger partial charge in [0.1, 0.15) is 11.6 Å². The molecule has 4 nitrogen and oxygen atoms in total. The molecule has 0 radical (unpaired) electrons. The van der Waals surface area contributed by atoms with Gasteiger partial charge < -0.3 is 10.5 Å². The number of hydrogen-bond acceptors (Lipinski definition) is 4. The first kappa shape index (κ1) is 11.5. The van der Waals surface area contributed by atoms with Crippen molar-refractivity contribution in [2.24, 2.45) is 5.73 Å². The van der Waals surface area contributed by atoms with Gasteiger partial charge in [0, 0.05) is 18.8 Å². The fraction of sp³-hybridized carbons (Fsp3) is 0.231. The van der Waals surface area contributed by atoms with Crippen molar-refractivity contribution in [2.75, 3.05) is 0 Å². The first-order valence-corrected chi connectivity index (χ1v) is 5.46. The number of ether oxygens (including phenoxy) is 1. The van der Waals surface area contributed by atoms with Crippen molar-refractivity contribution in [3.8, 4) is 11.6 Å². The highest BCUT2D eigenvalue weighted by Crippen LogP contribution is 2.24. The molecule has 88 valence electrons. The highest BCUT2D eigenvalue weighted by molar-refractivity contribution is 5.38. The van der Waals surface area contributed by atoms with Crippen LogP contribution in [0.15, 0.2) is 30.5 Å². The van der Waals surface area contributed by atoms with E-state index >= 15 is 0 Å². The predicted molar refractivity (Wildman–Crippen MR) is 65.9 cm³/mol. The van der Waals surface area contributed by atoms with E-state index in [1.807, 2.05) is 32.0 Å². The van der Waals surface area contributed by atoms with E-state index in [1.54, 1.807) is 12.3 Å². The second kappa shape index (κ2) is 4.93. The Labute approximate surface area is 100 Å². The van der Waals surface area contributed by atoms with Gasteiger partial charge >= 0.3 is 0 Å². The summed E-state index contributed by atoms with van der Waals surface area (Å²) in [6, 6.07) is 7.66. The number of nitrogens with zero attached hydrogens (tertiary/aromatic N) is 2. The molecular weight excluding hydrogens is 214 g/mol. The van der Waals surface area contributed by atoms with Crippen LogP contribution in [0.3, 0.4) is 0 Å². The van der Waals surface area contributed by atoms with Gasteiger partial charge in [0.2, 0.25) is 5.88 Å². The number of hydrogen-bond donors (Lipinski definition) is 1. The first-order chi connectivity index (χ1) is 8.19. The Balaban J connectivity index is 2.29. The van der Waals surface area contributed by atoms with Gasteiger partial charge in [-0.1, -0.05) is 12.1 Å². The summed E-state index contributed by atoms with van der Waals surface area (Å²) < 4.78 is 5.73. The Hall–Kier alpha value is -1.94. The molecular formula is C13H15N3O. The second-order valence-electron chi connectivity index (χ2n) is 3.85. The molecule has 1 aromatic heterocycles. The Bertz CT molecular complexity index is 526. The number of rotatable bonds is 3. The molecule has 0 aliphatic heterocycles. The summed E-state index contributed by atoms with van der Waals surface area (Å²) in [6.45, 7) is 4.32. The van der Waals surface area contributed by atoms with Gasteiger partial charge in [-0.15, -0.1) is 0 Å². The molecule has 1 aromatic carbocycles. The van der Waals surface area contributed by atoms with Crippen LogP contribution in [-0.2, 0) is 6.54 Å². The Morgan fingerprint density at radius 2 is 2.06 bits per heavy atom. The molecule has 2 aromatic rings. The quantitative estimate of drug-likeness (QED) is 0.877. The van der Waals surface area contributed by atoms with Crippen molar-refractivity contribution >= 4 is 0 Å². The molecule has 0 spiro atoms. The zero-order chi connectivity index (χ0) is 12.3. The summed E-state index contributed by atoms with van der Waals surface area (Å²) in [4.78, 5) is 8.23. The Kier molecular flexibility index (Phi) is 3.35. The number of aryl methyl sites for hydroxylation is 2. The van der Waals surface area contributed by atoms with Crippen molar-refractivity contribution in [3.63, 3.8) is 0 Å². The van der Waals surface area contributed by atoms with Crippen molar-refractivity contribution in [2.45, 2.75) is 20.4 Å². The number of nitrogens with two attached hydrogens (primary N) is 1. The van der Waals surface area contributed by atoms with Gasteiger partial charge in [-0.25, -0.2) is 4.98 Å². The average molecular weight is 229 g/mol. The maximum Gasteiger partial charge on any atom is 0.222 e. The highest BCUT2D eigenvalue weighted by atomic mass is 16.5. The molecule has 0 bridgehead atoms. The summed E-state index contributed by atoms with van der Waals surface area (Å²) in [6.07, 6.45) is 1.68. The van der Waals surface area contributed by atoms with Gasteiger partial charge in [0.25, 0.3) is 0 Å². The summed E-state index contributed by atoms with van der Waals surface area (Å²) in [5.41, 5.74) is 7.70. The molecule has 17 heavy (non-hydrogen) atoms. The molecule has 4 heteroatoms. The third-order valence-electron chi connectivity index (χ3n) is 2.45. The van der Waals surface area contributed by atoms with E-state index in [-0.39, 0.29) is 0 Å². The lowest BCUT2D eigenvalue weighted by molar-refractivity contribution is 0.456. The van der Waals surface area contributed by atoms with Gasteiger partial charge in [0.15, 0.2) is 0 Å². The van der Waals surface area contributed by atoms with Crippen molar-refractivity contribution < 1.29 is 4.74 Å². The van der Waals surface area contributed by atoms with Crippen LogP contribution in [-0.4, -0.2) is 9.97 Å². The lowest BCUT2D eigenvalue weighted by Gasteiger charge is -2.09. The predicted octanol–water partition coefficient (Wildman–Crippen LogP) is 2.34. The molecule has 0 atom stereocenters. The SMILES string of the molecule is Cc1nccc(Oc2cc(CN)ccc2C)n1. The van der Waals surface area contributed by atoms with Crippen LogP contribution >= 0.6 is 0 Å². The molecule has 0 saturated carbocycles. The van der Waals surface area contributed by atoms with E-state index in [1.165, 1.54) is 0 Å². The average Bonchev–Trinajstić information content (AvgIpc) is 2.32. The molecule has 0 unspecified atom stereocenters. The standard InChI is InChI=1S/C13H15N3O/c1-9-3-4-11(8-14)7-12(9)17-13-5-6-15-10(2)16-13/h3-7H,8,14H2,1-2H3. The molecule has 0 aliphatic carbocycles. The van der Waals surface area contributed by atoms with Gasteiger partial charge in [-0.3, -0.25) is 0 Å². The fourth-order valence-electron chi connectivity index (χ4n) is 1.49. The summed E-state index contributed by atoms with van der Waals surface area (Å²) in [5.74, 6) is 2.02. The van der Waals surface area contributed by atoms with Crippen LogP contribution in [0.25, 0.3) is 0 Å². The molecule has 0 fully saturated rings. The molecule has 0 amide bonds. The van der Waals surface area contributed by atoms with Crippen LogP contribution in [0.4, 0.5) is 0 Å². The lowest BCUT2D eigenvalue weighted by Crippen LogP contribution is -1.98. The van der Waals surface area contributed by atoms with Crippen LogP contribution in [0.5, 0.6) is 11.6 Å². The van der Waals surface area contributed by atoms with Crippen LogP contribution in [0.1, 0.15) is 17.0 Å². The smallest absolute Gasteiger partial charge is 0.222 e. The van der Waals surface area contributed by atoms with Gasteiger partial charge in [0.05, 0.1) is 0 Å². The first-order valence-electron chi connectivity index (χ1n) is 5.46. The lowest BCUT2D eigenvalue weighted by atomic mass is 10.1. The minimum absolute atomic E-state index is 0.499. The maximum atomic E-state index is 5.73. The van der Waals surface area contributed by atoms with E-state index in [0.29, 0.717) is 18.2 Å². The largest absolute Gasteiger partial charge is 0.439 e. The minimum Gasteiger partial charge on any atom is -0.439 e. The summed E-state index contributed by atoms with van der Waals surface area (Å²) >= 11 is 0. The van der Waals surface area contributed by atoms with Gasteiger partial charge in [-0.05, 0) is 31.0 Å². The van der Waals surface area contributed by atoms with Gasteiger partial charge in [-0.2, -0.15) is 4.98 Å². The fourth-order valence-corrected chi connectivity index (χ4v) is 1.49. The van der Waals surface area contributed by atoms with Crippen LogP contribution in [0.2, 0.25) is 0 Å². The normalized spacial score (nSPS) is 10.3. The van der Waals surface area contributed by atoms with E-state index in [4.69, 9.17) is 10.5 Å². The molecule has 0 aliphatic rings. The monoisotopic (exact) mass is 229 g/mol. The number of aromatic nitrogens is 2. The second-order valence-corrected chi connectivity index (χ2v) is 3.85. The molecule has 1 heterocycles. The summed E-state index contributed by atoms with van der Waals surface area (Å²) in [5, 5.41) is 0.